The van der Waals surface area contributed by atoms with Crippen molar-refractivity contribution in [3.63, 3.8) is 0 Å². The summed E-state index contributed by atoms with van der Waals surface area (Å²) in [6, 6.07) is -1.47. The van der Waals surface area contributed by atoms with Gasteiger partial charge in [-0.1, -0.05) is 25.1 Å². The van der Waals surface area contributed by atoms with Crippen molar-refractivity contribution in [2.45, 2.75) is 216 Å². The number of halogens is 4. The number of methoxy groups -OCH3 is 2. The molecule has 4 heterocycles. The zero-order valence-electron chi connectivity index (χ0n) is 45.0. The fourth-order valence-corrected chi connectivity index (χ4v) is 11.9. The maximum atomic E-state index is 14.7. The summed E-state index contributed by atoms with van der Waals surface area (Å²) in [5.74, 6) is -1.60. The van der Waals surface area contributed by atoms with Crippen LogP contribution in [-0.2, 0) is 55.5 Å². The molecular formula is C51H85F4N5O12S. The lowest BCUT2D eigenvalue weighted by Crippen LogP contribution is -2.59. The molecule has 0 bridgehead atoms. The van der Waals surface area contributed by atoms with Crippen molar-refractivity contribution >= 4 is 17.1 Å². The van der Waals surface area contributed by atoms with Crippen LogP contribution in [0.3, 0.4) is 0 Å². The second-order valence-electron chi connectivity index (χ2n) is 21.9. The molecule has 0 amide bonds. The van der Waals surface area contributed by atoms with Crippen LogP contribution < -0.4 is 0 Å². The number of aliphatic hydroxyl groups excluding tert-OH is 1. The second kappa shape index (κ2) is 26.4. The number of alkyl halides is 4. The normalized spacial score (nSPS) is 37.4. The Bertz CT molecular complexity index is 1970. The number of rotatable bonds is 17. The molecule has 3 N–H and O–H groups in total. The van der Waals surface area contributed by atoms with Crippen molar-refractivity contribution in [3.8, 4) is 0 Å². The van der Waals surface area contributed by atoms with E-state index in [1.807, 2.05) is 53.6 Å². The number of cyclic esters (lactones) is 1. The first-order valence-electron chi connectivity index (χ1n) is 25.9. The molecule has 3 aliphatic heterocycles. The highest BCUT2D eigenvalue weighted by Crippen LogP contribution is 2.39. The van der Waals surface area contributed by atoms with Crippen LogP contribution in [-0.4, -0.2) is 189 Å². The van der Waals surface area contributed by atoms with Gasteiger partial charge in [0.1, 0.15) is 41.5 Å². The van der Waals surface area contributed by atoms with Crippen molar-refractivity contribution in [3.05, 3.63) is 34.5 Å². The van der Waals surface area contributed by atoms with Crippen LogP contribution in [0.25, 0.3) is 0 Å². The van der Waals surface area contributed by atoms with Crippen LogP contribution in [0.15, 0.2) is 28.8 Å². The lowest BCUT2D eigenvalue weighted by molar-refractivity contribution is -0.261. The fourth-order valence-electron chi connectivity index (χ4n) is 11.1. The molecule has 22 heteroatoms. The summed E-state index contributed by atoms with van der Waals surface area (Å²) in [7, 11) is 6.88. The SMILES string of the molecule is CC[C@H]1OC(=O)[C@H](C)[C@@H](O[C@H]2C[C@@](C)(OC)C[C@H](C)O2)CC[C@@](O)(CO[C@H]2C[C@@H](N(C)CCc3cn([C@H](CF)[C@H](OC)C4=CC=C([S+]([O-])C(F)(F)F)CC4)nn3)C[C@@H](C)O2)C[C@@H](C)CN(C)[C@H](C)[C@@H](O)[C@]1(C)O. The number of aromatic nitrogens is 3. The van der Waals surface area contributed by atoms with Crippen molar-refractivity contribution in [2.24, 2.45) is 11.8 Å². The monoisotopic (exact) mass is 1070 g/mol. The Morgan fingerprint density at radius 3 is 2.34 bits per heavy atom. The molecule has 1 aromatic heterocycles. The number of carbonyl (C=O) groups excluding carboxylic acids is 1. The number of hydrogen-bond donors (Lipinski definition) is 3. The molecule has 5 rings (SSSR count). The summed E-state index contributed by atoms with van der Waals surface area (Å²) in [5.41, 5.74) is -7.45. The lowest BCUT2D eigenvalue weighted by Gasteiger charge is -2.42. The standard InChI is InChI=1S/C51H85F4N5O12S/c1-13-42-49(8,63)46(61)35(6)59(10)28-31(2)24-50(64,20-18-41(34(5)47(62)72-42)71-44-26-48(7,67-12)25-33(4)70-44)30-68-43-23-38(22-32(3)69-43)58(9)21-19-37-29-60(57-56-37)40(27-52)45(66-11)36-14-16-39(17-15-36)73(65)51(53,54)55/h14,16,29,31-35,38,40-46,61,63-64H,13,15,17-28,30H2,1-12H3/t31-,32-,33+,34-,35-,38+,40-,41+,42-,43-,44+,45-,46-,48+,49-,50+,73?/m1/s1. The minimum Gasteiger partial charge on any atom is -0.605 e. The summed E-state index contributed by atoms with van der Waals surface area (Å²) < 4.78 is 110. The first-order valence-corrected chi connectivity index (χ1v) is 27.1. The first-order chi connectivity index (χ1) is 34.2. The number of carbonyl (C=O) groups is 1. The van der Waals surface area contributed by atoms with Gasteiger partial charge in [0.25, 0.3) is 0 Å². The third kappa shape index (κ3) is 16.4. The van der Waals surface area contributed by atoms with E-state index >= 15 is 0 Å². The molecule has 1 aromatic rings. The van der Waals surface area contributed by atoms with Gasteiger partial charge in [0.2, 0.25) is 0 Å². The predicted molar refractivity (Wildman–Crippen MR) is 265 cm³/mol. The third-order valence-electron chi connectivity index (χ3n) is 15.7. The number of esters is 1. The molecule has 17 nitrogen and oxygen atoms in total. The van der Waals surface area contributed by atoms with Crippen LogP contribution in [0.1, 0.15) is 131 Å². The Kier molecular flexibility index (Phi) is 22.2. The molecule has 3 fully saturated rings. The van der Waals surface area contributed by atoms with Crippen molar-refractivity contribution in [2.75, 3.05) is 54.7 Å². The average Bonchev–Trinajstić information content (AvgIpc) is 3.81. The topological polar surface area (TPSA) is 203 Å². The maximum absolute atomic E-state index is 14.7. The molecule has 4 aliphatic rings. The summed E-state index contributed by atoms with van der Waals surface area (Å²) in [6.45, 7) is 14.8. The van der Waals surface area contributed by atoms with E-state index in [-0.39, 0.29) is 67.8 Å². The number of nitrogens with zero attached hydrogens (tertiary/aromatic N) is 5. The van der Waals surface area contributed by atoms with Crippen LogP contribution in [0.2, 0.25) is 0 Å². The van der Waals surface area contributed by atoms with Crippen molar-refractivity contribution in [1.29, 1.82) is 0 Å². The van der Waals surface area contributed by atoms with Crippen LogP contribution in [0.4, 0.5) is 17.6 Å². The predicted octanol–water partition coefficient (Wildman–Crippen LogP) is 6.32. The van der Waals surface area contributed by atoms with Crippen molar-refractivity contribution < 1.29 is 75.4 Å². The molecule has 420 valence electrons. The molecular weight excluding hydrogens is 983 g/mol. The fraction of sp³-hybridized carbons (Fsp3) is 0.863. The van der Waals surface area contributed by atoms with Crippen LogP contribution >= 0.6 is 0 Å². The second-order valence-corrected chi connectivity index (χ2v) is 23.4. The number of aliphatic hydroxyl groups is 3. The van der Waals surface area contributed by atoms with Gasteiger partial charge in [-0.25, -0.2) is 9.07 Å². The molecule has 0 radical (unpaired) electrons. The van der Waals surface area contributed by atoms with E-state index in [0.717, 1.165) is 0 Å². The van der Waals surface area contributed by atoms with Crippen LogP contribution in [0.5, 0.6) is 0 Å². The smallest absolute Gasteiger partial charge is 0.577 e. The number of allylic oxidation sites excluding steroid dienone is 3. The third-order valence-corrected chi connectivity index (χ3v) is 16.9. The maximum Gasteiger partial charge on any atom is 0.577 e. The molecule has 0 aromatic carbocycles. The molecule has 0 spiro atoms. The molecule has 1 aliphatic carbocycles. The van der Waals surface area contributed by atoms with Gasteiger partial charge < -0.3 is 62.8 Å². The molecule has 73 heavy (non-hydrogen) atoms. The zero-order valence-corrected chi connectivity index (χ0v) is 45.8. The number of likely N-dealkylation sites (N-methyl/N-ethyl adjacent to an activating group) is 2. The highest BCUT2D eigenvalue weighted by atomic mass is 32.2. The van der Waals surface area contributed by atoms with Gasteiger partial charge in [0.15, 0.2) is 12.6 Å². The summed E-state index contributed by atoms with van der Waals surface area (Å²) in [4.78, 5) is 18.0. The first kappa shape index (κ1) is 61.5. The zero-order chi connectivity index (χ0) is 54.2. The van der Waals surface area contributed by atoms with Gasteiger partial charge >= 0.3 is 11.5 Å². The quantitative estimate of drug-likeness (QED) is 0.0888. The van der Waals surface area contributed by atoms with Gasteiger partial charge in [-0.15, -0.1) is 18.3 Å². The highest BCUT2D eigenvalue weighted by molar-refractivity contribution is 7.96. The average molecular weight is 1070 g/mol. The molecule has 17 atom stereocenters. The summed E-state index contributed by atoms with van der Waals surface area (Å²) >= 11 is -3.12. The number of hydrogen-bond acceptors (Lipinski definition) is 16. The Labute approximate surface area is 432 Å². The minimum absolute atomic E-state index is 0.00986. The van der Waals surface area contributed by atoms with E-state index in [0.29, 0.717) is 62.9 Å². The van der Waals surface area contributed by atoms with E-state index < -0.39 is 101 Å². The van der Waals surface area contributed by atoms with E-state index in [4.69, 9.17) is 33.2 Å². The Morgan fingerprint density at radius 2 is 1.73 bits per heavy atom. The summed E-state index contributed by atoms with van der Waals surface area (Å²) in [5, 5.41) is 44.6. The number of ether oxygens (including phenoxy) is 7. The largest absolute Gasteiger partial charge is 0.605 e. The van der Waals surface area contributed by atoms with E-state index in [2.05, 4.69) is 15.2 Å². The van der Waals surface area contributed by atoms with E-state index in [1.165, 1.54) is 30.9 Å². The van der Waals surface area contributed by atoms with Crippen LogP contribution in [0, 0.1) is 11.8 Å². The Balaban J connectivity index is 1.29. The Morgan fingerprint density at radius 1 is 1.03 bits per heavy atom. The molecule has 1 unspecified atom stereocenters. The van der Waals surface area contributed by atoms with E-state index in [9.17, 15) is 42.2 Å². The molecule has 3 saturated heterocycles. The highest BCUT2D eigenvalue weighted by Gasteiger charge is 2.49. The van der Waals surface area contributed by atoms with Crippen molar-refractivity contribution in [1.82, 2.24) is 24.8 Å². The summed E-state index contributed by atoms with van der Waals surface area (Å²) in [6.07, 6.45) is 2.19. The minimum atomic E-state index is -4.87. The Hall–Kier alpha value is -2.32. The van der Waals surface area contributed by atoms with Gasteiger partial charge in [0.05, 0.1) is 58.9 Å². The van der Waals surface area contributed by atoms with Gasteiger partial charge in [-0.3, -0.25) is 4.79 Å². The van der Waals surface area contributed by atoms with E-state index in [1.54, 1.807) is 27.2 Å². The van der Waals surface area contributed by atoms with Gasteiger partial charge in [-0.2, -0.15) is 0 Å². The van der Waals surface area contributed by atoms with Gasteiger partial charge in [-0.05, 0) is 112 Å². The molecule has 0 saturated carbocycles. The van der Waals surface area contributed by atoms with Gasteiger partial charge in [0, 0.05) is 77.7 Å². The lowest BCUT2D eigenvalue weighted by atomic mass is 9.84.